The van der Waals surface area contributed by atoms with E-state index >= 15 is 0 Å². The molecule has 4 nitrogen and oxygen atoms in total. The number of esters is 1. The highest BCUT2D eigenvalue weighted by molar-refractivity contribution is 5.80. The lowest BCUT2D eigenvalue weighted by atomic mass is 10.2. The molecule has 60 valence electrons. The molecule has 1 N–H and O–H groups in total. The smallest absolute Gasteiger partial charge is 0.383 e. The molecule has 0 aromatic heterocycles. The summed E-state index contributed by atoms with van der Waals surface area (Å²) in [6, 6.07) is 0. The van der Waals surface area contributed by atoms with Crippen LogP contribution in [0.25, 0.3) is 0 Å². The molecule has 0 spiro atoms. The van der Waals surface area contributed by atoms with Crippen molar-refractivity contribution in [2.24, 2.45) is 0 Å². The van der Waals surface area contributed by atoms with Crippen LogP contribution in [0.2, 0.25) is 0 Å². The summed E-state index contributed by atoms with van der Waals surface area (Å²) in [4.78, 5) is 10.8. The van der Waals surface area contributed by atoms with E-state index in [0.29, 0.717) is 0 Å². The van der Waals surface area contributed by atoms with E-state index < -0.39 is 11.8 Å². The summed E-state index contributed by atoms with van der Waals surface area (Å²) >= 11 is 0. The van der Waals surface area contributed by atoms with Crippen molar-refractivity contribution in [2.75, 3.05) is 7.11 Å². The minimum absolute atomic E-state index is 0.835. The fraction of sp³-hybridized carbons (Fsp3) is 0.286. The lowest BCUT2D eigenvalue weighted by Crippen LogP contribution is -2.39. The molecule has 11 heavy (non-hydrogen) atoms. The van der Waals surface area contributed by atoms with Crippen molar-refractivity contribution in [1.29, 1.82) is 0 Å². The molecule has 4 heteroatoms. The van der Waals surface area contributed by atoms with Crippen molar-refractivity contribution < 1.29 is 19.4 Å². The third kappa shape index (κ3) is 1.40. The summed E-state index contributed by atoms with van der Waals surface area (Å²) in [5.74, 6) is -2.78. The number of carbonyl (C=O) groups is 1. The van der Waals surface area contributed by atoms with Crippen LogP contribution in [0.5, 0.6) is 0 Å². The van der Waals surface area contributed by atoms with Gasteiger partial charge in [-0.05, 0) is 12.2 Å². The van der Waals surface area contributed by atoms with Crippen LogP contribution in [0.1, 0.15) is 0 Å². The zero-order valence-electron chi connectivity index (χ0n) is 5.98. The summed E-state index contributed by atoms with van der Waals surface area (Å²) in [5.41, 5.74) is 0. The standard InChI is InChI=1S/C7H8O4/c1-10-6(8)7(9)4-2-3-5-11-7/h2-5,9H,1H3. The van der Waals surface area contributed by atoms with Gasteiger partial charge in [-0.2, -0.15) is 0 Å². The summed E-state index contributed by atoms with van der Waals surface area (Å²) in [7, 11) is 1.18. The van der Waals surface area contributed by atoms with Gasteiger partial charge in [-0.15, -0.1) is 0 Å². The van der Waals surface area contributed by atoms with Crippen molar-refractivity contribution in [2.45, 2.75) is 5.79 Å². The number of aliphatic hydroxyl groups is 1. The van der Waals surface area contributed by atoms with Crippen LogP contribution < -0.4 is 0 Å². The zero-order chi connectivity index (χ0) is 8.32. The number of hydrogen-bond donors (Lipinski definition) is 1. The average molecular weight is 156 g/mol. The predicted molar refractivity (Wildman–Crippen MR) is 36.3 cm³/mol. The second kappa shape index (κ2) is 2.75. The van der Waals surface area contributed by atoms with Crippen molar-refractivity contribution in [3.8, 4) is 0 Å². The molecule has 0 radical (unpaired) electrons. The van der Waals surface area contributed by atoms with Crippen molar-refractivity contribution in [1.82, 2.24) is 0 Å². The number of ether oxygens (including phenoxy) is 2. The Morgan fingerprint density at radius 3 is 2.82 bits per heavy atom. The van der Waals surface area contributed by atoms with E-state index in [1.807, 2.05) is 0 Å². The molecule has 1 unspecified atom stereocenters. The Morgan fingerprint density at radius 1 is 1.64 bits per heavy atom. The third-order valence-electron chi connectivity index (χ3n) is 1.24. The lowest BCUT2D eigenvalue weighted by molar-refractivity contribution is -0.192. The SMILES string of the molecule is COC(=O)C1(O)C=CC=CO1. The quantitative estimate of drug-likeness (QED) is 0.541. The molecular weight excluding hydrogens is 148 g/mol. The predicted octanol–water partition coefficient (Wildman–Crippen LogP) is -0.0519. The molecule has 0 saturated carbocycles. The fourth-order valence-electron chi connectivity index (χ4n) is 0.676. The molecule has 1 aliphatic rings. The van der Waals surface area contributed by atoms with E-state index in [1.54, 1.807) is 6.08 Å². The Bertz CT molecular complexity index is 218. The van der Waals surface area contributed by atoms with Crippen molar-refractivity contribution in [3.05, 3.63) is 24.5 Å². The first kappa shape index (κ1) is 7.81. The van der Waals surface area contributed by atoms with Crippen LogP contribution in [-0.2, 0) is 14.3 Å². The van der Waals surface area contributed by atoms with E-state index in [2.05, 4.69) is 9.47 Å². The molecule has 1 aliphatic heterocycles. The van der Waals surface area contributed by atoms with E-state index in [-0.39, 0.29) is 0 Å². The zero-order valence-corrected chi connectivity index (χ0v) is 5.98. The Labute approximate surface area is 63.7 Å². The molecule has 1 atom stereocenters. The molecule has 0 fully saturated rings. The van der Waals surface area contributed by atoms with Gasteiger partial charge in [0.1, 0.15) is 0 Å². The molecule has 0 aliphatic carbocycles. The Hall–Kier alpha value is -1.29. The highest BCUT2D eigenvalue weighted by Crippen LogP contribution is 2.15. The van der Waals surface area contributed by atoms with Gasteiger partial charge in [0.2, 0.25) is 0 Å². The lowest BCUT2D eigenvalue weighted by Gasteiger charge is -2.21. The van der Waals surface area contributed by atoms with Crippen LogP contribution >= 0.6 is 0 Å². The van der Waals surface area contributed by atoms with E-state index in [9.17, 15) is 9.90 Å². The average Bonchev–Trinajstić information content (AvgIpc) is 2.04. The molecule has 0 bridgehead atoms. The largest absolute Gasteiger partial charge is 0.464 e. The van der Waals surface area contributed by atoms with Crippen LogP contribution in [0, 0.1) is 0 Å². The van der Waals surface area contributed by atoms with Gasteiger partial charge in [0, 0.05) is 0 Å². The Kier molecular flexibility index (Phi) is 1.96. The van der Waals surface area contributed by atoms with Gasteiger partial charge in [-0.1, -0.05) is 6.08 Å². The number of rotatable bonds is 1. The molecule has 0 amide bonds. The van der Waals surface area contributed by atoms with Crippen molar-refractivity contribution in [3.63, 3.8) is 0 Å². The first-order valence-corrected chi connectivity index (χ1v) is 3.02. The number of allylic oxidation sites excluding steroid dienone is 2. The maximum Gasteiger partial charge on any atom is 0.383 e. The molecule has 1 heterocycles. The first-order chi connectivity index (χ1) is 5.19. The first-order valence-electron chi connectivity index (χ1n) is 3.02. The van der Waals surface area contributed by atoms with E-state index in [4.69, 9.17) is 0 Å². The van der Waals surface area contributed by atoms with Crippen LogP contribution in [-0.4, -0.2) is 24.0 Å². The fourth-order valence-corrected chi connectivity index (χ4v) is 0.676. The summed E-state index contributed by atoms with van der Waals surface area (Å²) in [5, 5.41) is 9.30. The second-order valence-corrected chi connectivity index (χ2v) is 1.99. The molecule has 0 aromatic rings. The van der Waals surface area contributed by atoms with Crippen LogP contribution in [0.15, 0.2) is 24.5 Å². The molecular formula is C7H8O4. The maximum absolute atomic E-state index is 10.8. The Balaban J connectivity index is 2.75. The summed E-state index contributed by atoms with van der Waals surface area (Å²) < 4.78 is 8.93. The van der Waals surface area contributed by atoms with Crippen LogP contribution in [0.3, 0.4) is 0 Å². The number of carbonyl (C=O) groups excluding carboxylic acids is 1. The summed E-state index contributed by atoms with van der Waals surface area (Å²) in [6.45, 7) is 0. The normalized spacial score (nSPS) is 27.8. The highest BCUT2D eigenvalue weighted by Gasteiger charge is 2.36. The molecule has 0 aromatic carbocycles. The maximum atomic E-state index is 10.8. The van der Waals surface area contributed by atoms with Gasteiger partial charge < -0.3 is 14.6 Å². The van der Waals surface area contributed by atoms with Gasteiger partial charge >= 0.3 is 11.8 Å². The monoisotopic (exact) mass is 156 g/mol. The minimum atomic E-state index is -1.94. The third-order valence-corrected chi connectivity index (χ3v) is 1.24. The number of hydrogen-bond acceptors (Lipinski definition) is 4. The van der Waals surface area contributed by atoms with Gasteiger partial charge in [-0.3, -0.25) is 0 Å². The van der Waals surface area contributed by atoms with Crippen molar-refractivity contribution >= 4 is 5.97 Å². The van der Waals surface area contributed by atoms with E-state index in [0.717, 1.165) is 0 Å². The van der Waals surface area contributed by atoms with Gasteiger partial charge in [-0.25, -0.2) is 4.79 Å². The highest BCUT2D eigenvalue weighted by atomic mass is 16.7. The Morgan fingerprint density at radius 2 is 2.36 bits per heavy atom. The van der Waals surface area contributed by atoms with Gasteiger partial charge in [0.05, 0.1) is 13.4 Å². The topological polar surface area (TPSA) is 55.8 Å². The van der Waals surface area contributed by atoms with Gasteiger partial charge in [0.15, 0.2) is 0 Å². The minimum Gasteiger partial charge on any atom is -0.464 e. The second-order valence-electron chi connectivity index (χ2n) is 1.99. The van der Waals surface area contributed by atoms with E-state index in [1.165, 1.54) is 25.5 Å². The van der Waals surface area contributed by atoms with Gasteiger partial charge in [0.25, 0.3) is 0 Å². The van der Waals surface area contributed by atoms with Crippen LogP contribution in [0.4, 0.5) is 0 Å². The molecule has 0 saturated heterocycles. The summed E-state index contributed by atoms with van der Waals surface area (Å²) in [6.07, 6.45) is 5.48. The number of methoxy groups -OCH3 is 1. The molecule has 1 rings (SSSR count).